The van der Waals surface area contributed by atoms with E-state index in [0.717, 1.165) is 37.8 Å². The molecule has 0 bridgehead atoms. The molecular weight excluding hydrogens is 436 g/mol. The summed E-state index contributed by atoms with van der Waals surface area (Å²) < 4.78 is 33.5. The molecule has 0 atom stereocenters. The van der Waals surface area contributed by atoms with Crippen molar-refractivity contribution in [3.63, 3.8) is 0 Å². The Bertz CT molecular complexity index is 1020. The van der Waals surface area contributed by atoms with Crippen LogP contribution in [0, 0.1) is 0 Å². The first-order valence-electron chi connectivity index (χ1n) is 10.8. The van der Waals surface area contributed by atoms with Gasteiger partial charge in [0.15, 0.2) is 0 Å². The Balaban J connectivity index is 1.47. The highest BCUT2D eigenvalue weighted by atomic mass is 35.5. The summed E-state index contributed by atoms with van der Waals surface area (Å²) in [5, 5.41) is 0.202. The van der Waals surface area contributed by atoms with Gasteiger partial charge < -0.3 is 9.64 Å². The number of esters is 1. The number of carbonyl (C=O) groups is 1. The molecule has 6 nitrogen and oxygen atoms in total. The average molecular weight is 463 g/mol. The lowest BCUT2D eigenvalue weighted by Crippen LogP contribution is -2.48. The van der Waals surface area contributed by atoms with Crippen LogP contribution in [0.4, 0.5) is 5.69 Å². The summed E-state index contributed by atoms with van der Waals surface area (Å²) in [5.41, 5.74) is 1.19. The molecule has 1 saturated heterocycles. The molecule has 4 rings (SSSR count). The van der Waals surface area contributed by atoms with E-state index in [0.29, 0.717) is 26.2 Å². The highest BCUT2D eigenvalue weighted by Crippen LogP contribution is 2.27. The van der Waals surface area contributed by atoms with E-state index in [4.69, 9.17) is 16.3 Å². The first-order valence-corrected chi connectivity index (χ1v) is 12.6. The van der Waals surface area contributed by atoms with E-state index >= 15 is 0 Å². The maximum absolute atomic E-state index is 13.2. The molecule has 0 spiro atoms. The van der Waals surface area contributed by atoms with Gasteiger partial charge in [0, 0.05) is 31.9 Å². The molecule has 0 amide bonds. The van der Waals surface area contributed by atoms with Crippen LogP contribution in [0.1, 0.15) is 42.5 Å². The van der Waals surface area contributed by atoms with Gasteiger partial charge >= 0.3 is 5.97 Å². The van der Waals surface area contributed by atoms with Gasteiger partial charge in [0.1, 0.15) is 6.10 Å². The molecule has 2 aromatic rings. The Labute approximate surface area is 188 Å². The number of hydrogen-bond acceptors (Lipinski definition) is 5. The third-order valence-electron chi connectivity index (χ3n) is 5.98. The van der Waals surface area contributed by atoms with Crippen molar-refractivity contribution in [2.75, 3.05) is 31.1 Å². The molecule has 8 heteroatoms. The van der Waals surface area contributed by atoms with Crippen LogP contribution in [-0.2, 0) is 14.8 Å². The fourth-order valence-corrected chi connectivity index (χ4v) is 5.84. The van der Waals surface area contributed by atoms with Gasteiger partial charge in [-0.2, -0.15) is 4.31 Å². The van der Waals surface area contributed by atoms with Crippen molar-refractivity contribution >= 4 is 33.3 Å². The van der Waals surface area contributed by atoms with E-state index in [1.165, 1.54) is 22.5 Å². The van der Waals surface area contributed by atoms with Gasteiger partial charge in [0.2, 0.25) is 10.0 Å². The summed E-state index contributed by atoms with van der Waals surface area (Å²) in [6.45, 7) is 1.96. The van der Waals surface area contributed by atoms with E-state index in [9.17, 15) is 13.2 Å². The van der Waals surface area contributed by atoms with E-state index in [2.05, 4.69) is 4.90 Å². The fraction of sp³-hybridized carbons (Fsp3) is 0.435. The topological polar surface area (TPSA) is 66.9 Å². The second kappa shape index (κ2) is 9.59. The van der Waals surface area contributed by atoms with Gasteiger partial charge in [-0.25, -0.2) is 13.2 Å². The zero-order valence-electron chi connectivity index (χ0n) is 17.4. The molecule has 1 aliphatic carbocycles. The number of carbonyl (C=O) groups excluding carboxylic acids is 1. The normalized spacial score (nSPS) is 18.7. The third-order valence-corrected chi connectivity index (χ3v) is 8.21. The van der Waals surface area contributed by atoms with Crippen molar-refractivity contribution in [3.8, 4) is 0 Å². The number of nitrogens with zero attached hydrogens (tertiary/aromatic N) is 2. The SMILES string of the molecule is O=C(OC1CCCCC1)c1cc(S(=O)(=O)N2CCN(c3ccccc3)CC2)ccc1Cl. The average Bonchev–Trinajstić information content (AvgIpc) is 2.80. The molecule has 0 aromatic heterocycles. The van der Waals surface area contributed by atoms with Crippen molar-refractivity contribution in [2.45, 2.75) is 43.1 Å². The van der Waals surface area contributed by atoms with Crippen molar-refractivity contribution < 1.29 is 17.9 Å². The summed E-state index contributed by atoms with van der Waals surface area (Å²) in [5.74, 6) is -0.553. The van der Waals surface area contributed by atoms with Gasteiger partial charge in [0.05, 0.1) is 15.5 Å². The van der Waals surface area contributed by atoms with Crippen LogP contribution in [0.15, 0.2) is 53.4 Å². The molecule has 1 saturated carbocycles. The maximum atomic E-state index is 13.2. The quantitative estimate of drug-likeness (QED) is 0.618. The maximum Gasteiger partial charge on any atom is 0.339 e. The Kier molecular flexibility index (Phi) is 6.84. The lowest BCUT2D eigenvalue weighted by atomic mass is 9.98. The summed E-state index contributed by atoms with van der Waals surface area (Å²) in [4.78, 5) is 14.9. The van der Waals surface area contributed by atoms with Gasteiger partial charge in [-0.1, -0.05) is 36.2 Å². The zero-order chi connectivity index (χ0) is 21.8. The number of rotatable bonds is 5. The van der Waals surface area contributed by atoms with Gasteiger partial charge in [-0.15, -0.1) is 0 Å². The highest BCUT2D eigenvalue weighted by molar-refractivity contribution is 7.89. The number of ether oxygens (including phenoxy) is 1. The van der Waals surface area contributed by atoms with E-state index < -0.39 is 16.0 Å². The van der Waals surface area contributed by atoms with Crippen LogP contribution in [-0.4, -0.2) is 51.0 Å². The number of para-hydroxylation sites is 1. The lowest BCUT2D eigenvalue weighted by Gasteiger charge is -2.35. The standard InChI is InChI=1S/C23H27ClN2O4S/c24-22-12-11-20(17-21(22)23(27)30-19-9-5-2-6-10-19)31(28,29)26-15-13-25(14-16-26)18-7-3-1-4-8-18/h1,3-4,7-8,11-12,17,19H,2,5-6,9-10,13-16H2. The lowest BCUT2D eigenvalue weighted by molar-refractivity contribution is 0.0211. The molecule has 1 heterocycles. The van der Waals surface area contributed by atoms with Crippen LogP contribution in [0.2, 0.25) is 5.02 Å². The monoisotopic (exact) mass is 462 g/mol. The summed E-state index contributed by atoms with van der Waals surface area (Å²) in [6, 6.07) is 14.2. The number of anilines is 1. The molecule has 31 heavy (non-hydrogen) atoms. The second-order valence-electron chi connectivity index (χ2n) is 8.03. The highest BCUT2D eigenvalue weighted by Gasteiger charge is 2.30. The number of piperazine rings is 1. The van der Waals surface area contributed by atoms with Crippen molar-refractivity contribution in [2.24, 2.45) is 0 Å². The third kappa shape index (κ3) is 5.05. The molecule has 2 fully saturated rings. The number of halogens is 1. The molecule has 166 valence electrons. The predicted molar refractivity (Wildman–Crippen MR) is 121 cm³/mol. The minimum Gasteiger partial charge on any atom is -0.459 e. The predicted octanol–water partition coefficient (Wildman–Crippen LogP) is 4.34. The molecular formula is C23H27ClN2O4S. The molecule has 0 N–H and O–H groups in total. The van der Waals surface area contributed by atoms with E-state index in [1.54, 1.807) is 0 Å². The first-order chi connectivity index (χ1) is 14.9. The van der Waals surface area contributed by atoms with Crippen LogP contribution in [0.25, 0.3) is 0 Å². The Hall–Kier alpha value is -2.09. The number of hydrogen-bond donors (Lipinski definition) is 0. The first kappa shape index (κ1) is 22.1. The summed E-state index contributed by atoms with van der Waals surface area (Å²) >= 11 is 6.22. The fourth-order valence-electron chi connectivity index (χ4n) is 4.19. The van der Waals surface area contributed by atoms with Crippen LogP contribution in [0.5, 0.6) is 0 Å². The van der Waals surface area contributed by atoms with Crippen LogP contribution >= 0.6 is 11.6 Å². The van der Waals surface area contributed by atoms with Crippen molar-refractivity contribution in [1.29, 1.82) is 0 Å². The number of benzene rings is 2. The minimum absolute atomic E-state index is 0.0701. The van der Waals surface area contributed by atoms with Crippen molar-refractivity contribution in [1.82, 2.24) is 4.31 Å². The van der Waals surface area contributed by atoms with E-state index in [-0.39, 0.29) is 21.6 Å². The van der Waals surface area contributed by atoms with Crippen molar-refractivity contribution in [3.05, 3.63) is 59.1 Å². The van der Waals surface area contributed by atoms with Crippen LogP contribution < -0.4 is 4.90 Å². The smallest absolute Gasteiger partial charge is 0.339 e. The molecule has 2 aromatic carbocycles. The second-order valence-corrected chi connectivity index (χ2v) is 10.4. The minimum atomic E-state index is -3.73. The molecule has 0 radical (unpaired) electrons. The van der Waals surface area contributed by atoms with Gasteiger partial charge in [-0.05, 0) is 56.0 Å². The Morgan fingerprint density at radius 3 is 2.29 bits per heavy atom. The van der Waals surface area contributed by atoms with E-state index in [1.807, 2.05) is 30.3 Å². The Morgan fingerprint density at radius 2 is 1.61 bits per heavy atom. The van der Waals surface area contributed by atoms with Gasteiger partial charge in [0.25, 0.3) is 0 Å². The Morgan fingerprint density at radius 1 is 0.935 bits per heavy atom. The zero-order valence-corrected chi connectivity index (χ0v) is 18.9. The summed E-state index contributed by atoms with van der Waals surface area (Å²) in [7, 11) is -3.73. The largest absolute Gasteiger partial charge is 0.459 e. The van der Waals surface area contributed by atoms with Crippen LogP contribution in [0.3, 0.4) is 0 Å². The number of sulfonamides is 1. The summed E-state index contributed by atoms with van der Waals surface area (Å²) in [6.07, 6.45) is 4.79. The van der Waals surface area contributed by atoms with Gasteiger partial charge in [-0.3, -0.25) is 0 Å². The molecule has 0 unspecified atom stereocenters. The molecule has 1 aliphatic heterocycles. The molecule has 2 aliphatic rings.